The van der Waals surface area contributed by atoms with E-state index in [1.54, 1.807) is 24.3 Å². The largest absolute Gasteiger partial charge is 0.397 e. The van der Waals surface area contributed by atoms with Gasteiger partial charge in [0.15, 0.2) is 0 Å². The second kappa shape index (κ2) is 8.92. The number of nitrogens with one attached hydrogen (secondary N) is 3. The number of benzene rings is 1. The van der Waals surface area contributed by atoms with Crippen LogP contribution in [0.2, 0.25) is 0 Å². The fourth-order valence-corrected chi connectivity index (χ4v) is 2.23. The molecule has 136 valence electrons. The fourth-order valence-electron chi connectivity index (χ4n) is 2.23. The molecule has 1 heterocycles. The number of carbonyl (C=O) groups excluding carboxylic acids is 2. The summed E-state index contributed by atoms with van der Waals surface area (Å²) in [6.07, 6.45) is 2.69. The summed E-state index contributed by atoms with van der Waals surface area (Å²) in [5.74, 6) is -0.963. The molecule has 0 radical (unpaired) electrons. The van der Waals surface area contributed by atoms with E-state index in [0.29, 0.717) is 16.9 Å². The highest BCUT2D eigenvalue weighted by atomic mass is 16.2. The lowest BCUT2D eigenvalue weighted by Gasteiger charge is -2.10. The normalized spacial score (nSPS) is 9.74. The van der Waals surface area contributed by atoms with Gasteiger partial charge < -0.3 is 16.4 Å². The standard InChI is InChI=1S/C19H18N6O2/c1-2-17(26)25-13-6-3-5-12(9-13)16-10-14(15(21)11-24-16)18(22)19(27)23-8-4-7-20/h2-3,5-6,9-11,22H,1,4,8,21H2,(H,23,27)(H,25,26). The van der Waals surface area contributed by atoms with Crippen LogP contribution >= 0.6 is 0 Å². The Morgan fingerprint density at radius 1 is 1.37 bits per heavy atom. The van der Waals surface area contributed by atoms with Gasteiger partial charge in [0.25, 0.3) is 5.91 Å². The quantitative estimate of drug-likeness (QED) is 0.337. The summed E-state index contributed by atoms with van der Waals surface area (Å²) >= 11 is 0. The van der Waals surface area contributed by atoms with Gasteiger partial charge >= 0.3 is 0 Å². The van der Waals surface area contributed by atoms with Crippen molar-refractivity contribution in [3.63, 3.8) is 0 Å². The zero-order chi connectivity index (χ0) is 19.8. The first-order valence-electron chi connectivity index (χ1n) is 7.99. The van der Waals surface area contributed by atoms with Gasteiger partial charge in [-0.3, -0.25) is 20.0 Å². The number of nitriles is 1. The zero-order valence-corrected chi connectivity index (χ0v) is 14.5. The lowest BCUT2D eigenvalue weighted by atomic mass is 10.0. The Bertz CT molecular complexity index is 945. The zero-order valence-electron chi connectivity index (χ0n) is 14.5. The number of anilines is 2. The van der Waals surface area contributed by atoms with Crippen LogP contribution in [-0.4, -0.2) is 29.1 Å². The summed E-state index contributed by atoms with van der Waals surface area (Å²) in [5, 5.41) is 21.7. The van der Waals surface area contributed by atoms with Crippen LogP contribution in [0, 0.1) is 16.7 Å². The molecule has 0 aliphatic heterocycles. The molecule has 0 saturated heterocycles. The predicted molar refractivity (Wildman–Crippen MR) is 103 cm³/mol. The molecule has 0 bridgehead atoms. The number of hydrogen-bond donors (Lipinski definition) is 4. The minimum Gasteiger partial charge on any atom is -0.397 e. The van der Waals surface area contributed by atoms with Gasteiger partial charge in [0.1, 0.15) is 5.71 Å². The van der Waals surface area contributed by atoms with Gasteiger partial charge in [-0.25, -0.2) is 0 Å². The van der Waals surface area contributed by atoms with Gasteiger partial charge in [0.2, 0.25) is 5.91 Å². The van der Waals surface area contributed by atoms with Crippen molar-refractivity contribution in [2.45, 2.75) is 6.42 Å². The van der Waals surface area contributed by atoms with Gasteiger partial charge in [-0.1, -0.05) is 18.7 Å². The highest BCUT2D eigenvalue weighted by Crippen LogP contribution is 2.24. The number of nitrogens with zero attached hydrogens (tertiary/aromatic N) is 2. The van der Waals surface area contributed by atoms with E-state index in [1.807, 2.05) is 6.07 Å². The van der Waals surface area contributed by atoms with Crippen LogP contribution in [-0.2, 0) is 9.59 Å². The first kappa shape index (κ1) is 19.3. The minimum atomic E-state index is -0.624. The summed E-state index contributed by atoms with van der Waals surface area (Å²) in [5.41, 5.74) is 7.70. The molecule has 8 nitrogen and oxygen atoms in total. The van der Waals surface area contributed by atoms with Gasteiger partial charge in [0, 0.05) is 23.4 Å². The maximum absolute atomic E-state index is 12.0. The average molecular weight is 362 g/mol. The average Bonchev–Trinajstić information content (AvgIpc) is 2.68. The summed E-state index contributed by atoms with van der Waals surface area (Å²) < 4.78 is 0. The summed E-state index contributed by atoms with van der Waals surface area (Å²) in [6.45, 7) is 3.56. The third kappa shape index (κ3) is 4.99. The van der Waals surface area contributed by atoms with Gasteiger partial charge in [-0.2, -0.15) is 5.26 Å². The molecule has 0 aliphatic carbocycles. The van der Waals surface area contributed by atoms with Gasteiger partial charge in [-0.05, 0) is 24.3 Å². The van der Waals surface area contributed by atoms with Crippen molar-refractivity contribution >= 4 is 28.9 Å². The number of rotatable bonds is 7. The van der Waals surface area contributed by atoms with Crippen molar-refractivity contribution in [2.75, 3.05) is 17.6 Å². The molecule has 2 rings (SSSR count). The topological polar surface area (TPSA) is 145 Å². The lowest BCUT2D eigenvalue weighted by Crippen LogP contribution is -2.32. The number of amides is 2. The monoisotopic (exact) mass is 362 g/mol. The first-order chi connectivity index (χ1) is 13.0. The second-order valence-corrected chi connectivity index (χ2v) is 5.47. The second-order valence-electron chi connectivity index (χ2n) is 5.47. The van der Waals surface area contributed by atoms with E-state index < -0.39 is 5.91 Å². The van der Waals surface area contributed by atoms with E-state index in [4.69, 9.17) is 16.4 Å². The lowest BCUT2D eigenvalue weighted by molar-refractivity contribution is -0.114. The Morgan fingerprint density at radius 2 is 2.15 bits per heavy atom. The number of pyridine rings is 1. The molecule has 1 aromatic heterocycles. The van der Waals surface area contributed by atoms with Crippen LogP contribution in [0.4, 0.5) is 11.4 Å². The predicted octanol–water partition coefficient (Wildman–Crippen LogP) is 1.85. The molecule has 1 aromatic carbocycles. The van der Waals surface area contributed by atoms with Crippen molar-refractivity contribution in [1.29, 1.82) is 10.7 Å². The molecule has 8 heteroatoms. The van der Waals surface area contributed by atoms with Crippen LogP contribution in [0.1, 0.15) is 12.0 Å². The third-order valence-corrected chi connectivity index (χ3v) is 3.56. The van der Waals surface area contributed by atoms with Crippen LogP contribution in [0.5, 0.6) is 0 Å². The summed E-state index contributed by atoms with van der Waals surface area (Å²) in [6, 6.07) is 10.4. The van der Waals surface area contributed by atoms with E-state index in [9.17, 15) is 9.59 Å². The van der Waals surface area contributed by atoms with Crippen LogP contribution in [0.25, 0.3) is 11.3 Å². The number of hydrogen-bond acceptors (Lipinski definition) is 6. The van der Waals surface area contributed by atoms with E-state index >= 15 is 0 Å². The van der Waals surface area contributed by atoms with Crippen molar-refractivity contribution in [1.82, 2.24) is 10.3 Å². The van der Waals surface area contributed by atoms with E-state index in [2.05, 4.69) is 22.2 Å². The highest BCUT2D eigenvalue weighted by Gasteiger charge is 2.16. The Labute approximate surface area is 156 Å². The Balaban J connectivity index is 2.29. The molecule has 0 fully saturated rings. The van der Waals surface area contributed by atoms with E-state index in [1.165, 1.54) is 18.3 Å². The highest BCUT2D eigenvalue weighted by molar-refractivity contribution is 6.45. The Hall–Kier alpha value is -3.99. The van der Waals surface area contributed by atoms with Crippen LogP contribution in [0.3, 0.4) is 0 Å². The molecule has 0 unspecified atom stereocenters. The molecule has 0 aliphatic rings. The molecule has 27 heavy (non-hydrogen) atoms. The molecular formula is C19H18N6O2. The Kier molecular flexibility index (Phi) is 6.39. The first-order valence-corrected chi connectivity index (χ1v) is 7.99. The van der Waals surface area contributed by atoms with Crippen molar-refractivity contribution in [3.05, 3.63) is 54.7 Å². The molecule has 2 aromatic rings. The Morgan fingerprint density at radius 3 is 2.85 bits per heavy atom. The molecule has 2 amide bonds. The van der Waals surface area contributed by atoms with Gasteiger partial charge in [-0.15, -0.1) is 0 Å². The van der Waals surface area contributed by atoms with Crippen molar-refractivity contribution < 1.29 is 9.59 Å². The minimum absolute atomic E-state index is 0.152. The van der Waals surface area contributed by atoms with E-state index in [0.717, 1.165) is 0 Å². The van der Waals surface area contributed by atoms with E-state index in [-0.39, 0.29) is 35.8 Å². The number of carbonyl (C=O) groups is 2. The maximum Gasteiger partial charge on any atom is 0.269 e. The fraction of sp³-hybridized carbons (Fsp3) is 0.105. The molecule has 0 saturated carbocycles. The van der Waals surface area contributed by atoms with Crippen molar-refractivity contribution in [3.8, 4) is 17.3 Å². The maximum atomic E-state index is 12.0. The van der Waals surface area contributed by atoms with Crippen LogP contribution < -0.4 is 16.4 Å². The molecule has 0 atom stereocenters. The van der Waals surface area contributed by atoms with Crippen LogP contribution in [0.15, 0.2) is 49.2 Å². The SMILES string of the molecule is C=CC(=O)Nc1cccc(-c2cc(C(=N)C(=O)NCCC#N)c(N)cn2)c1. The van der Waals surface area contributed by atoms with Gasteiger partial charge in [0.05, 0.1) is 30.1 Å². The smallest absolute Gasteiger partial charge is 0.269 e. The number of nitrogens with two attached hydrogens (primary N) is 1. The van der Waals surface area contributed by atoms with Crippen molar-refractivity contribution in [2.24, 2.45) is 0 Å². The molecule has 0 spiro atoms. The third-order valence-electron chi connectivity index (χ3n) is 3.56. The molecule has 5 N–H and O–H groups in total. The number of nitrogen functional groups attached to an aromatic ring is 1. The molecular weight excluding hydrogens is 344 g/mol. The number of aromatic nitrogens is 1. The summed E-state index contributed by atoms with van der Waals surface area (Å²) in [4.78, 5) is 27.7. The summed E-state index contributed by atoms with van der Waals surface area (Å²) in [7, 11) is 0.